The van der Waals surface area contributed by atoms with Crippen molar-refractivity contribution in [1.29, 1.82) is 0 Å². The number of hydrogen-bond donors (Lipinski definition) is 2. The lowest BCUT2D eigenvalue weighted by Gasteiger charge is -2.10. The fraction of sp³-hybridized carbons (Fsp3) is 0.467. The van der Waals surface area contributed by atoms with Crippen molar-refractivity contribution in [3.05, 3.63) is 33.8 Å². The van der Waals surface area contributed by atoms with E-state index in [1.807, 2.05) is 6.07 Å². The smallest absolute Gasteiger partial charge is 0.158 e. The third-order valence-corrected chi connectivity index (χ3v) is 4.02. The van der Waals surface area contributed by atoms with Crippen molar-refractivity contribution in [3.8, 4) is 0 Å². The molecule has 0 atom stereocenters. The van der Waals surface area contributed by atoms with Crippen LogP contribution in [-0.4, -0.2) is 23.6 Å². The number of aryl methyl sites for hydroxylation is 1. The predicted octanol–water partition coefficient (Wildman–Crippen LogP) is 3.43. The number of nitrogens with zero attached hydrogens (tertiary/aromatic N) is 2. The van der Waals surface area contributed by atoms with Gasteiger partial charge < -0.3 is 15.4 Å². The van der Waals surface area contributed by atoms with Crippen LogP contribution < -0.4 is 10.6 Å². The van der Waals surface area contributed by atoms with Crippen LogP contribution in [0.1, 0.15) is 29.6 Å². The summed E-state index contributed by atoms with van der Waals surface area (Å²) < 4.78 is 5.13. The molecule has 2 rings (SSSR count). The van der Waals surface area contributed by atoms with Crippen molar-refractivity contribution in [2.24, 2.45) is 0 Å². The molecule has 0 aliphatic carbocycles. The number of ether oxygens (including phenoxy) is 1. The van der Waals surface area contributed by atoms with Gasteiger partial charge in [0.25, 0.3) is 0 Å². The molecule has 5 nitrogen and oxygen atoms in total. The maximum Gasteiger partial charge on any atom is 0.158 e. The fourth-order valence-corrected chi connectivity index (χ4v) is 2.73. The summed E-state index contributed by atoms with van der Waals surface area (Å²) >= 11 is 1.76. The molecule has 114 valence electrons. The van der Waals surface area contributed by atoms with Crippen LogP contribution in [-0.2, 0) is 17.9 Å². The maximum atomic E-state index is 5.13. The summed E-state index contributed by atoms with van der Waals surface area (Å²) in [6, 6.07) is 4.07. The van der Waals surface area contributed by atoms with Gasteiger partial charge in [0.05, 0.1) is 6.54 Å². The largest absolute Gasteiger partial charge is 0.377 e. The molecule has 2 N–H and O–H groups in total. The van der Waals surface area contributed by atoms with Crippen molar-refractivity contribution in [1.82, 2.24) is 9.97 Å². The van der Waals surface area contributed by atoms with E-state index in [0.717, 1.165) is 31.1 Å². The van der Waals surface area contributed by atoms with E-state index < -0.39 is 0 Å². The van der Waals surface area contributed by atoms with Crippen molar-refractivity contribution in [2.45, 2.75) is 33.4 Å². The maximum absolute atomic E-state index is 5.13. The fourth-order valence-electron chi connectivity index (χ4n) is 1.88. The van der Waals surface area contributed by atoms with Gasteiger partial charge in [-0.25, -0.2) is 9.97 Å². The molecule has 0 bridgehead atoms. The van der Waals surface area contributed by atoms with Crippen molar-refractivity contribution in [3.63, 3.8) is 0 Å². The summed E-state index contributed by atoms with van der Waals surface area (Å²) in [6.07, 6.45) is 1.06. The highest BCUT2D eigenvalue weighted by Gasteiger charge is 2.06. The summed E-state index contributed by atoms with van der Waals surface area (Å²) in [4.78, 5) is 10.2. The van der Waals surface area contributed by atoms with Gasteiger partial charge in [-0.1, -0.05) is 6.92 Å². The van der Waals surface area contributed by atoms with Crippen LogP contribution in [0.5, 0.6) is 0 Å². The lowest BCUT2D eigenvalue weighted by molar-refractivity contribution is 0.178. The Labute approximate surface area is 129 Å². The first-order chi connectivity index (χ1) is 10.2. The Bertz CT molecular complexity index is 571. The van der Waals surface area contributed by atoms with Crippen LogP contribution in [0, 0.1) is 6.92 Å². The second kappa shape index (κ2) is 7.95. The van der Waals surface area contributed by atoms with E-state index in [4.69, 9.17) is 4.74 Å². The predicted molar refractivity (Wildman–Crippen MR) is 87.9 cm³/mol. The summed E-state index contributed by atoms with van der Waals surface area (Å²) in [5.74, 6) is 2.34. The zero-order chi connectivity index (χ0) is 15.1. The van der Waals surface area contributed by atoms with Gasteiger partial charge in [0.1, 0.15) is 18.2 Å². The third kappa shape index (κ3) is 4.68. The van der Waals surface area contributed by atoms with Gasteiger partial charge in [-0.2, -0.15) is 0 Å². The first-order valence-electron chi connectivity index (χ1n) is 7.10. The van der Waals surface area contributed by atoms with Crippen molar-refractivity contribution in [2.75, 3.05) is 24.3 Å². The Balaban J connectivity index is 2.09. The quantitative estimate of drug-likeness (QED) is 0.782. The van der Waals surface area contributed by atoms with Crippen LogP contribution >= 0.6 is 11.3 Å². The van der Waals surface area contributed by atoms with E-state index in [9.17, 15) is 0 Å². The summed E-state index contributed by atoms with van der Waals surface area (Å²) in [6.45, 7) is 6.34. The molecule has 6 heteroatoms. The highest BCUT2D eigenvalue weighted by atomic mass is 32.1. The van der Waals surface area contributed by atoms with Gasteiger partial charge in [-0.15, -0.1) is 11.3 Å². The van der Waals surface area contributed by atoms with Gasteiger partial charge in [0.2, 0.25) is 0 Å². The number of methoxy groups -OCH3 is 1. The highest BCUT2D eigenvalue weighted by Crippen LogP contribution is 2.18. The van der Waals surface area contributed by atoms with E-state index >= 15 is 0 Å². The standard InChI is InChI=1S/C15H22N4OS/c1-4-6-16-13-8-14(19-15(18-13)10-20-3)17-9-12-11(2)5-7-21-12/h5,7-8H,4,6,9-10H2,1-3H3,(H2,16,17,18,19). The summed E-state index contributed by atoms with van der Waals surface area (Å²) in [5.41, 5.74) is 1.31. The molecule has 2 heterocycles. The molecule has 0 fully saturated rings. The van der Waals surface area contributed by atoms with E-state index in [1.54, 1.807) is 18.4 Å². The lowest BCUT2D eigenvalue weighted by atomic mass is 10.3. The molecule has 0 aromatic carbocycles. The number of rotatable bonds is 8. The Hall–Kier alpha value is -1.66. The van der Waals surface area contributed by atoms with Gasteiger partial charge in [-0.05, 0) is 30.4 Å². The first-order valence-corrected chi connectivity index (χ1v) is 7.98. The minimum Gasteiger partial charge on any atom is -0.377 e. The van der Waals surface area contributed by atoms with Crippen LogP contribution in [0.15, 0.2) is 17.5 Å². The molecule has 0 saturated heterocycles. The monoisotopic (exact) mass is 306 g/mol. The lowest BCUT2D eigenvalue weighted by Crippen LogP contribution is -2.09. The van der Waals surface area contributed by atoms with E-state index in [1.165, 1.54) is 10.4 Å². The topological polar surface area (TPSA) is 59.1 Å². The van der Waals surface area contributed by atoms with E-state index in [2.05, 4.69) is 45.9 Å². The van der Waals surface area contributed by atoms with Gasteiger partial charge in [0.15, 0.2) is 5.82 Å². The molecule has 2 aromatic heterocycles. The Morgan fingerprint density at radius 3 is 2.62 bits per heavy atom. The minimum absolute atomic E-state index is 0.411. The summed E-state index contributed by atoms with van der Waals surface area (Å²) in [7, 11) is 1.65. The molecule has 0 saturated carbocycles. The number of aromatic nitrogens is 2. The Morgan fingerprint density at radius 2 is 2.00 bits per heavy atom. The average molecular weight is 306 g/mol. The SMILES string of the molecule is CCCNc1cc(NCc2sccc2C)nc(COC)n1. The molecule has 0 amide bonds. The minimum atomic E-state index is 0.411. The molecule has 2 aromatic rings. The Morgan fingerprint density at radius 1 is 1.24 bits per heavy atom. The second-order valence-corrected chi connectivity index (χ2v) is 5.80. The number of nitrogens with one attached hydrogen (secondary N) is 2. The average Bonchev–Trinajstić information content (AvgIpc) is 2.88. The molecule has 0 radical (unpaired) electrons. The van der Waals surface area contributed by atoms with Gasteiger partial charge in [0, 0.05) is 24.6 Å². The number of hydrogen-bond acceptors (Lipinski definition) is 6. The van der Waals surface area contributed by atoms with Crippen LogP contribution in [0.3, 0.4) is 0 Å². The van der Waals surface area contributed by atoms with Crippen molar-refractivity contribution >= 4 is 23.0 Å². The molecular weight excluding hydrogens is 284 g/mol. The van der Waals surface area contributed by atoms with E-state index in [-0.39, 0.29) is 0 Å². The molecule has 0 aliphatic heterocycles. The number of anilines is 2. The third-order valence-electron chi connectivity index (χ3n) is 3.00. The molecule has 0 unspecified atom stereocenters. The molecule has 21 heavy (non-hydrogen) atoms. The highest BCUT2D eigenvalue weighted by molar-refractivity contribution is 7.10. The first kappa shape index (κ1) is 15.7. The van der Waals surface area contributed by atoms with Crippen molar-refractivity contribution < 1.29 is 4.74 Å². The van der Waals surface area contributed by atoms with Crippen LogP contribution in [0.2, 0.25) is 0 Å². The van der Waals surface area contributed by atoms with Crippen LogP contribution in [0.4, 0.5) is 11.6 Å². The van der Waals surface area contributed by atoms with Gasteiger partial charge >= 0.3 is 0 Å². The number of thiophene rings is 1. The molecule has 0 aliphatic rings. The van der Waals surface area contributed by atoms with E-state index in [0.29, 0.717) is 12.4 Å². The zero-order valence-electron chi connectivity index (χ0n) is 12.8. The van der Waals surface area contributed by atoms with Crippen LogP contribution in [0.25, 0.3) is 0 Å². The normalized spacial score (nSPS) is 10.6. The Kier molecular flexibility index (Phi) is 5.95. The molecule has 0 spiro atoms. The van der Waals surface area contributed by atoms with Gasteiger partial charge in [-0.3, -0.25) is 0 Å². The molecular formula is C15H22N4OS. The summed E-state index contributed by atoms with van der Waals surface area (Å²) in [5, 5.41) is 8.77. The zero-order valence-corrected chi connectivity index (χ0v) is 13.6. The second-order valence-electron chi connectivity index (χ2n) is 4.79.